The number of rotatable bonds is 11. The van der Waals surface area contributed by atoms with Crippen molar-refractivity contribution in [3.05, 3.63) is 11.8 Å². The lowest BCUT2D eigenvalue weighted by Crippen LogP contribution is -2.41. The fourth-order valence-electron chi connectivity index (χ4n) is 2.05. The molecule has 9 heteroatoms. The molecular formula is C19H38N2O5Si2. The van der Waals surface area contributed by atoms with Gasteiger partial charge >= 0.3 is 5.97 Å². The molecule has 0 N–H and O–H groups in total. The minimum absolute atomic E-state index is 0.114. The Morgan fingerprint density at radius 1 is 1.14 bits per heavy atom. The zero-order valence-corrected chi connectivity index (χ0v) is 21.0. The van der Waals surface area contributed by atoms with Crippen molar-refractivity contribution < 1.29 is 23.4 Å². The minimum atomic E-state index is -1.86. The third kappa shape index (κ3) is 8.06. The van der Waals surface area contributed by atoms with Crippen LogP contribution in [0.3, 0.4) is 0 Å². The molecular weight excluding hydrogens is 392 g/mol. The van der Waals surface area contributed by atoms with Gasteiger partial charge in [-0.25, -0.2) is 4.79 Å². The highest BCUT2D eigenvalue weighted by Crippen LogP contribution is 2.36. The SMILES string of the molecule is COC(=O)c1cc(OCOCC[Si](C)(C)C)nn1CCO[Si](C)(C)C(C)(C)C. The number of hydrogen-bond acceptors (Lipinski definition) is 6. The highest BCUT2D eigenvalue weighted by Gasteiger charge is 2.37. The van der Waals surface area contributed by atoms with Crippen LogP contribution in [0.15, 0.2) is 6.07 Å². The standard InChI is InChI=1S/C19H38N2O5Si2/c1-19(2,3)28(8,9)26-11-10-21-16(18(22)23-4)14-17(20-21)25-15-24-12-13-27(5,6)7/h14H,10-13,15H2,1-9H3. The summed E-state index contributed by atoms with van der Waals surface area (Å²) in [5, 5.41) is 4.49. The van der Waals surface area contributed by atoms with E-state index in [2.05, 4.69) is 58.6 Å². The number of hydrogen-bond donors (Lipinski definition) is 0. The second-order valence-corrected chi connectivity index (χ2v) is 20.1. The summed E-state index contributed by atoms with van der Waals surface area (Å²) in [5.41, 5.74) is 0.346. The van der Waals surface area contributed by atoms with Crippen molar-refractivity contribution in [1.82, 2.24) is 9.78 Å². The predicted octanol–water partition coefficient (Wildman–Crippen LogP) is 4.38. The van der Waals surface area contributed by atoms with Crippen molar-refractivity contribution in [2.45, 2.75) is 71.1 Å². The van der Waals surface area contributed by atoms with Crippen LogP contribution in [-0.2, 0) is 20.4 Å². The number of carbonyl (C=O) groups excluding carboxylic acids is 1. The Bertz CT molecular complexity index is 633. The monoisotopic (exact) mass is 430 g/mol. The first-order valence-corrected chi connectivity index (χ1v) is 16.4. The summed E-state index contributed by atoms with van der Waals surface area (Å²) >= 11 is 0. The molecule has 0 atom stereocenters. The zero-order chi connectivity index (χ0) is 21.6. The van der Waals surface area contributed by atoms with Crippen LogP contribution in [0.5, 0.6) is 5.88 Å². The van der Waals surface area contributed by atoms with Gasteiger partial charge in [0.25, 0.3) is 0 Å². The molecule has 0 fully saturated rings. The van der Waals surface area contributed by atoms with E-state index in [1.807, 2.05) is 0 Å². The van der Waals surface area contributed by atoms with Crippen LogP contribution in [-0.4, -0.2) is 59.3 Å². The average Bonchev–Trinajstić information content (AvgIpc) is 2.94. The lowest BCUT2D eigenvalue weighted by atomic mass is 10.2. The molecule has 0 unspecified atom stereocenters. The van der Waals surface area contributed by atoms with Crippen molar-refractivity contribution >= 4 is 22.4 Å². The van der Waals surface area contributed by atoms with Gasteiger partial charge in [0, 0.05) is 20.7 Å². The van der Waals surface area contributed by atoms with Crippen LogP contribution < -0.4 is 4.74 Å². The van der Waals surface area contributed by atoms with Crippen LogP contribution in [0.4, 0.5) is 0 Å². The molecule has 7 nitrogen and oxygen atoms in total. The molecule has 28 heavy (non-hydrogen) atoms. The highest BCUT2D eigenvalue weighted by molar-refractivity contribution is 6.76. The van der Waals surface area contributed by atoms with E-state index in [1.54, 1.807) is 10.7 Å². The number of esters is 1. The Hall–Kier alpha value is -1.17. The van der Waals surface area contributed by atoms with E-state index in [0.717, 1.165) is 6.04 Å². The zero-order valence-electron chi connectivity index (χ0n) is 19.0. The molecule has 0 amide bonds. The summed E-state index contributed by atoms with van der Waals surface area (Å²) in [6, 6.07) is 2.66. The first kappa shape index (κ1) is 24.9. The molecule has 0 saturated carbocycles. The molecule has 0 saturated heterocycles. The van der Waals surface area contributed by atoms with Gasteiger partial charge in [-0.2, -0.15) is 0 Å². The summed E-state index contributed by atoms with van der Waals surface area (Å²) in [6.45, 7) is 19.6. The Balaban J connectivity index is 2.66. The first-order chi connectivity index (χ1) is 12.8. The number of aromatic nitrogens is 2. The largest absolute Gasteiger partial charge is 0.464 e. The van der Waals surface area contributed by atoms with Gasteiger partial charge in [0.15, 0.2) is 15.1 Å². The summed E-state index contributed by atoms with van der Waals surface area (Å²) in [7, 11) is -1.63. The van der Waals surface area contributed by atoms with Crippen molar-refractivity contribution in [2.24, 2.45) is 0 Å². The van der Waals surface area contributed by atoms with Crippen LogP contribution in [0.25, 0.3) is 0 Å². The van der Waals surface area contributed by atoms with Gasteiger partial charge in [0.05, 0.1) is 20.3 Å². The van der Waals surface area contributed by atoms with Gasteiger partial charge in [-0.3, -0.25) is 4.68 Å². The van der Waals surface area contributed by atoms with E-state index in [4.69, 9.17) is 18.6 Å². The topological polar surface area (TPSA) is 71.8 Å². The molecule has 0 bridgehead atoms. The molecule has 0 spiro atoms. The van der Waals surface area contributed by atoms with E-state index in [9.17, 15) is 4.79 Å². The second-order valence-electron chi connectivity index (χ2n) is 9.67. The molecule has 1 heterocycles. The maximum Gasteiger partial charge on any atom is 0.356 e. The maximum absolute atomic E-state index is 12.1. The highest BCUT2D eigenvalue weighted by atomic mass is 28.4. The molecule has 0 aromatic carbocycles. The molecule has 162 valence electrons. The summed E-state index contributed by atoms with van der Waals surface area (Å²) in [6.07, 6.45) is 0. The third-order valence-corrected chi connectivity index (χ3v) is 11.3. The van der Waals surface area contributed by atoms with Gasteiger partial charge in [-0.1, -0.05) is 40.4 Å². The van der Waals surface area contributed by atoms with Gasteiger partial charge in [0.1, 0.15) is 5.69 Å². The maximum atomic E-state index is 12.1. The quantitative estimate of drug-likeness (QED) is 0.224. The van der Waals surface area contributed by atoms with E-state index < -0.39 is 22.4 Å². The fourth-order valence-corrected chi connectivity index (χ4v) is 3.84. The number of methoxy groups -OCH3 is 1. The van der Waals surface area contributed by atoms with Crippen molar-refractivity contribution in [2.75, 3.05) is 27.1 Å². The Kier molecular flexibility index (Phi) is 8.92. The molecule has 1 aromatic rings. The molecule has 1 rings (SSSR count). The van der Waals surface area contributed by atoms with Crippen molar-refractivity contribution in [3.63, 3.8) is 0 Å². The molecule has 0 aliphatic heterocycles. The lowest BCUT2D eigenvalue weighted by Gasteiger charge is -2.36. The normalized spacial score (nSPS) is 12.9. The Labute approximate surface area is 171 Å². The Morgan fingerprint density at radius 2 is 1.79 bits per heavy atom. The van der Waals surface area contributed by atoms with E-state index >= 15 is 0 Å². The van der Waals surface area contributed by atoms with Gasteiger partial charge in [0.2, 0.25) is 5.88 Å². The minimum Gasteiger partial charge on any atom is -0.464 e. The Morgan fingerprint density at radius 3 is 2.32 bits per heavy atom. The lowest BCUT2D eigenvalue weighted by molar-refractivity contribution is 0.0188. The van der Waals surface area contributed by atoms with E-state index in [1.165, 1.54) is 7.11 Å². The van der Waals surface area contributed by atoms with Gasteiger partial charge < -0.3 is 18.6 Å². The summed E-state index contributed by atoms with van der Waals surface area (Å²) in [5.74, 6) is -0.102. The molecule has 1 aromatic heterocycles. The predicted molar refractivity (Wildman–Crippen MR) is 116 cm³/mol. The van der Waals surface area contributed by atoms with Crippen molar-refractivity contribution in [1.29, 1.82) is 0 Å². The summed E-state index contributed by atoms with van der Waals surface area (Å²) < 4.78 is 23.7. The van der Waals surface area contributed by atoms with Crippen LogP contribution in [0, 0.1) is 0 Å². The molecule has 0 radical (unpaired) electrons. The van der Waals surface area contributed by atoms with Crippen LogP contribution in [0.1, 0.15) is 31.3 Å². The number of carbonyl (C=O) groups is 1. The second kappa shape index (κ2) is 10.0. The summed E-state index contributed by atoms with van der Waals surface area (Å²) in [4.78, 5) is 12.1. The number of nitrogens with zero attached hydrogens (tertiary/aromatic N) is 2. The molecule has 0 aliphatic carbocycles. The van der Waals surface area contributed by atoms with E-state index in [0.29, 0.717) is 31.3 Å². The van der Waals surface area contributed by atoms with Crippen LogP contribution >= 0.6 is 0 Å². The van der Waals surface area contributed by atoms with Gasteiger partial charge in [-0.15, -0.1) is 5.10 Å². The fraction of sp³-hybridized carbons (Fsp3) is 0.789. The molecule has 0 aliphatic rings. The average molecular weight is 431 g/mol. The van der Waals surface area contributed by atoms with Crippen LogP contribution in [0.2, 0.25) is 43.8 Å². The third-order valence-electron chi connectivity index (χ3n) is 5.01. The number of ether oxygens (including phenoxy) is 3. The smallest absolute Gasteiger partial charge is 0.356 e. The van der Waals surface area contributed by atoms with Gasteiger partial charge in [-0.05, 0) is 24.2 Å². The van der Waals surface area contributed by atoms with Crippen molar-refractivity contribution in [3.8, 4) is 5.88 Å². The first-order valence-electron chi connectivity index (χ1n) is 9.77. The van der Waals surface area contributed by atoms with E-state index in [-0.39, 0.29) is 11.8 Å².